The van der Waals surface area contributed by atoms with Gasteiger partial charge in [-0.2, -0.15) is 0 Å². The van der Waals surface area contributed by atoms with Gasteiger partial charge in [-0.3, -0.25) is 0 Å². The van der Waals surface area contributed by atoms with Gasteiger partial charge >= 0.3 is 0 Å². The fourth-order valence-corrected chi connectivity index (χ4v) is 2.87. The zero-order chi connectivity index (χ0) is 14.4. The minimum atomic E-state index is 0.836. The minimum Gasteiger partial charge on any atom is -0.439 e. The van der Waals surface area contributed by atoms with E-state index in [-0.39, 0.29) is 0 Å². The highest BCUT2D eigenvalue weighted by atomic mass is 16.5. The van der Waals surface area contributed by atoms with E-state index < -0.39 is 0 Å². The molecule has 0 aromatic heterocycles. The highest BCUT2D eigenvalue weighted by molar-refractivity contribution is 5.91. The Labute approximate surface area is 124 Å². The van der Waals surface area contributed by atoms with Crippen LogP contribution in [0.25, 0.3) is 11.1 Å². The molecular formula is C19H15NO. The van der Waals surface area contributed by atoms with Gasteiger partial charge in [0, 0.05) is 18.7 Å². The van der Waals surface area contributed by atoms with Gasteiger partial charge in [-0.05, 0) is 35.8 Å². The first-order valence-corrected chi connectivity index (χ1v) is 7.03. The van der Waals surface area contributed by atoms with Crippen LogP contribution in [0.5, 0.6) is 5.75 Å². The fraction of sp³-hybridized carbons (Fsp3) is 0.105. The summed E-state index contributed by atoms with van der Waals surface area (Å²) in [5.41, 5.74) is 9.27. The molecule has 2 aliphatic rings. The van der Waals surface area contributed by atoms with Crippen LogP contribution in [0.3, 0.4) is 0 Å². The molecule has 0 saturated heterocycles. The summed E-state index contributed by atoms with van der Waals surface area (Å²) in [6.07, 6.45) is 2.06. The molecule has 0 amide bonds. The van der Waals surface area contributed by atoms with Crippen molar-refractivity contribution < 1.29 is 4.74 Å². The van der Waals surface area contributed by atoms with E-state index in [1.165, 1.54) is 16.7 Å². The van der Waals surface area contributed by atoms with Crippen LogP contribution < -0.4 is 9.64 Å². The molecule has 1 heterocycles. The fourth-order valence-electron chi connectivity index (χ4n) is 2.87. The van der Waals surface area contributed by atoms with Gasteiger partial charge in [0.2, 0.25) is 5.88 Å². The largest absolute Gasteiger partial charge is 0.439 e. The van der Waals surface area contributed by atoms with Crippen molar-refractivity contribution in [3.8, 4) is 5.75 Å². The van der Waals surface area contributed by atoms with E-state index in [1.54, 1.807) is 0 Å². The topological polar surface area (TPSA) is 12.5 Å². The molecule has 0 unspecified atom stereocenters. The van der Waals surface area contributed by atoms with Crippen molar-refractivity contribution in [2.75, 3.05) is 11.9 Å². The van der Waals surface area contributed by atoms with E-state index >= 15 is 0 Å². The second-order valence-corrected chi connectivity index (χ2v) is 5.32. The van der Waals surface area contributed by atoms with Crippen molar-refractivity contribution in [1.82, 2.24) is 0 Å². The Morgan fingerprint density at radius 2 is 1.71 bits per heavy atom. The smallest absolute Gasteiger partial charge is 0.201 e. The van der Waals surface area contributed by atoms with Gasteiger partial charge in [0.05, 0.1) is 5.69 Å². The van der Waals surface area contributed by atoms with E-state index in [1.807, 2.05) is 25.2 Å². The maximum absolute atomic E-state index is 5.95. The van der Waals surface area contributed by atoms with Gasteiger partial charge in [0.15, 0.2) is 5.75 Å². The van der Waals surface area contributed by atoms with E-state index in [4.69, 9.17) is 4.74 Å². The van der Waals surface area contributed by atoms with Crippen molar-refractivity contribution in [2.24, 2.45) is 0 Å². The van der Waals surface area contributed by atoms with Crippen molar-refractivity contribution in [3.05, 3.63) is 77.3 Å². The molecule has 102 valence electrons. The van der Waals surface area contributed by atoms with Crippen molar-refractivity contribution in [2.45, 2.75) is 6.92 Å². The third-order valence-electron chi connectivity index (χ3n) is 3.98. The normalized spacial score (nSPS) is 17.2. The van der Waals surface area contributed by atoms with Crippen LogP contribution >= 0.6 is 0 Å². The summed E-state index contributed by atoms with van der Waals surface area (Å²) in [5.74, 6) is 1.74. The number of allylic oxidation sites excluding steroid dienone is 2. The van der Waals surface area contributed by atoms with Crippen LogP contribution in [0.2, 0.25) is 0 Å². The first-order chi connectivity index (χ1) is 10.2. The molecule has 0 bridgehead atoms. The standard InChI is InChI=1S/C19H15NO/c1-13-11-14(16-8-4-3-7-15(13)16)12-19-20(2)17-9-5-6-10-18(17)21-19/h3-10,12H,1-2H3. The van der Waals surface area contributed by atoms with E-state index in [2.05, 4.69) is 54.0 Å². The summed E-state index contributed by atoms with van der Waals surface area (Å²) >= 11 is 0. The second-order valence-electron chi connectivity index (χ2n) is 5.32. The van der Waals surface area contributed by atoms with Crippen molar-refractivity contribution >= 4 is 16.8 Å². The SMILES string of the molecule is CC1=C=C(C=C2Oc3ccccc3N2C)c2ccccc21. The van der Waals surface area contributed by atoms with Crippen LogP contribution in [-0.2, 0) is 0 Å². The monoisotopic (exact) mass is 273 g/mol. The second kappa shape index (κ2) is 4.41. The lowest BCUT2D eigenvalue weighted by Gasteiger charge is -2.11. The minimum absolute atomic E-state index is 0.836. The van der Waals surface area contributed by atoms with Gasteiger partial charge in [-0.15, -0.1) is 5.73 Å². The molecule has 2 aromatic rings. The number of hydrogen-bond donors (Lipinski definition) is 0. The average molecular weight is 273 g/mol. The molecule has 0 fully saturated rings. The van der Waals surface area contributed by atoms with Crippen LogP contribution in [0.4, 0.5) is 5.69 Å². The molecule has 4 rings (SSSR count). The predicted octanol–water partition coefficient (Wildman–Crippen LogP) is 4.46. The summed E-state index contributed by atoms with van der Waals surface area (Å²) in [5, 5.41) is 0. The molecule has 2 heteroatoms. The van der Waals surface area contributed by atoms with Crippen molar-refractivity contribution in [3.63, 3.8) is 0 Å². The first-order valence-electron chi connectivity index (χ1n) is 7.03. The number of benzene rings is 2. The average Bonchev–Trinajstić information content (AvgIpc) is 2.99. The van der Waals surface area contributed by atoms with Gasteiger partial charge in [-0.25, -0.2) is 0 Å². The quantitative estimate of drug-likeness (QED) is 0.711. The maximum Gasteiger partial charge on any atom is 0.201 e. The van der Waals surface area contributed by atoms with Crippen LogP contribution in [0.15, 0.2) is 66.2 Å². The van der Waals surface area contributed by atoms with Gasteiger partial charge in [0.1, 0.15) is 0 Å². The van der Waals surface area contributed by atoms with E-state index in [9.17, 15) is 0 Å². The lowest BCUT2D eigenvalue weighted by molar-refractivity contribution is 0.444. The predicted molar refractivity (Wildman–Crippen MR) is 86.0 cm³/mol. The molecule has 1 aliphatic carbocycles. The molecule has 1 aliphatic heterocycles. The summed E-state index contributed by atoms with van der Waals surface area (Å²) in [4.78, 5) is 2.07. The summed E-state index contributed by atoms with van der Waals surface area (Å²) in [6.45, 7) is 2.10. The Hall–Kier alpha value is -2.70. The molecule has 21 heavy (non-hydrogen) atoms. The van der Waals surface area contributed by atoms with Gasteiger partial charge in [0.25, 0.3) is 0 Å². The molecule has 2 aromatic carbocycles. The van der Waals surface area contributed by atoms with E-state index in [0.717, 1.165) is 22.9 Å². The van der Waals surface area contributed by atoms with Crippen molar-refractivity contribution in [1.29, 1.82) is 0 Å². The molecule has 0 atom stereocenters. The van der Waals surface area contributed by atoms with Gasteiger partial charge in [-0.1, -0.05) is 36.4 Å². The van der Waals surface area contributed by atoms with Crippen LogP contribution in [0.1, 0.15) is 18.1 Å². The van der Waals surface area contributed by atoms with Crippen LogP contribution in [-0.4, -0.2) is 7.05 Å². The maximum atomic E-state index is 5.95. The molecule has 0 saturated carbocycles. The van der Waals surface area contributed by atoms with Crippen LogP contribution in [0, 0.1) is 0 Å². The Bertz CT molecular complexity index is 838. The summed E-state index contributed by atoms with van der Waals surface area (Å²) in [6, 6.07) is 16.5. The molecule has 0 N–H and O–H groups in total. The summed E-state index contributed by atoms with van der Waals surface area (Å²) in [7, 11) is 2.02. The number of rotatable bonds is 1. The van der Waals surface area contributed by atoms with E-state index in [0.29, 0.717) is 0 Å². The highest BCUT2D eigenvalue weighted by Crippen LogP contribution is 2.39. The lowest BCUT2D eigenvalue weighted by atomic mass is 10.0. The third kappa shape index (κ3) is 1.81. The molecule has 0 spiro atoms. The zero-order valence-electron chi connectivity index (χ0n) is 12.1. The molecular weight excluding hydrogens is 258 g/mol. The Kier molecular flexibility index (Phi) is 2.53. The lowest BCUT2D eigenvalue weighted by Crippen LogP contribution is -2.13. The Balaban J connectivity index is 1.77. The number of para-hydroxylation sites is 2. The molecule has 0 radical (unpaired) electrons. The molecule has 2 nitrogen and oxygen atoms in total. The Morgan fingerprint density at radius 1 is 1.00 bits per heavy atom. The number of nitrogens with zero attached hydrogens (tertiary/aromatic N) is 1. The number of hydrogen-bond acceptors (Lipinski definition) is 2. The zero-order valence-corrected chi connectivity index (χ0v) is 12.1. The Morgan fingerprint density at radius 3 is 2.52 bits per heavy atom. The number of anilines is 1. The third-order valence-corrected chi connectivity index (χ3v) is 3.98. The number of fused-ring (bicyclic) bond motifs is 2. The first kappa shape index (κ1) is 12.1. The van der Waals surface area contributed by atoms with Gasteiger partial charge < -0.3 is 9.64 Å². The number of ether oxygens (including phenoxy) is 1. The summed E-state index contributed by atoms with van der Waals surface area (Å²) < 4.78 is 5.95. The highest BCUT2D eigenvalue weighted by Gasteiger charge is 2.23.